The summed E-state index contributed by atoms with van der Waals surface area (Å²) in [5, 5.41) is 9.11. The van der Waals surface area contributed by atoms with E-state index in [4.69, 9.17) is 0 Å². The largest absolute Gasteiger partial charge is 0.363 e. The summed E-state index contributed by atoms with van der Waals surface area (Å²) in [4.78, 5) is 15.4. The standard InChI is InChI=1S/C24H23N7/c1-30(2)24-12-18-11-23(27-16-26-21(18)14-25-24)29-20-8-9-22-19(10-20)13-28-31(22)15-17-6-4-3-5-7-17/h3-10,12-14,16H,11,15H2,1-2H3,(H,26,27,29). The number of anilines is 2. The Bertz CT molecular complexity index is 1290. The van der Waals surface area contributed by atoms with Crippen molar-refractivity contribution in [1.82, 2.24) is 14.8 Å². The van der Waals surface area contributed by atoms with E-state index in [1.165, 1.54) is 5.56 Å². The third kappa shape index (κ3) is 4.02. The first-order valence-electron chi connectivity index (χ1n) is 10.2. The molecular formula is C24H23N7. The van der Waals surface area contributed by atoms with Gasteiger partial charge in [-0.15, -0.1) is 0 Å². The SMILES string of the molecule is CN(C)c1cc2c(cn1)N=CN=C(Nc1ccc3c(cnn3Cc3ccccc3)c1)C2. The zero-order valence-corrected chi connectivity index (χ0v) is 17.5. The van der Waals surface area contributed by atoms with Gasteiger partial charge in [-0.3, -0.25) is 4.68 Å². The van der Waals surface area contributed by atoms with Gasteiger partial charge in [0.05, 0.1) is 30.1 Å². The lowest BCUT2D eigenvalue weighted by atomic mass is 10.1. The topological polar surface area (TPSA) is 70.7 Å². The molecule has 0 aliphatic carbocycles. The highest BCUT2D eigenvalue weighted by Crippen LogP contribution is 2.25. The summed E-state index contributed by atoms with van der Waals surface area (Å²) in [6.45, 7) is 0.749. The van der Waals surface area contributed by atoms with Crippen LogP contribution in [0.3, 0.4) is 0 Å². The fourth-order valence-electron chi connectivity index (χ4n) is 3.66. The molecule has 3 heterocycles. The van der Waals surface area contributed by atoms with Crippen LogP contribution in [-0.2, 0) is 13.0 Å². The van der Waals surface area contributed by atoms with Crippen LogP contribution in [0, 0.1) is 0 Å². The Kier molecular flexibility index (Phi) is 4.92. The number of benzene rings is 2. The van der Waals surface area contributed by atoms with E-state index in [1.807, 2.05) is 35.9 Å². The van der Waals surface area contributed by atoms with Gasteiger partial charge in [0.15, 0.2) is 0 Å². The van der Waals surface area contributed by atoms with Gasteiger partial charge in [0.2, 0.25) is 0 Å². The Morgan fingerprint density at radius 2 is 1.90 bits per heavy atom. The summed E-state index contributed by atoms with van der Waals surface area (Å²) in [6.07, 6.45) is 5.95. The molecule has 0 saturated carbocycles. The van der Waals surface area contributed by atoms with Gasteiger partial charge in [-0.2, -0.15) is 5.10 Å². The second-order valence-electron chi connectivity index (χ2n) is 7.75. The molecule has 5 rings (SSSR count). The van der Waals surface area contributed by atoms with Crippen LogP contribution in [0.25, 0.3) is 10.9 Å². The monoisotopic (exact) mass is 409 g/mol. The van der Waals surface area contributed by atoms with Crippen molar-refractivity contribution in [3.8, 4) is 0 Å². The average molecular weight is 409 g/mol. The minimum Gasteiger partial charge on any atom is -0.363 e. The Hall–Kier alpha value is -4.00. The molecule has 0 unspecified atom stereocenters. The molecule has 154 valence electrons. The maximum atomic E-state index is 4.58. The van der Waals surface area contributed by atoms with Crippen molar-refractivity contribution in [1.29, 1.82) is 0 Å². The quantitative estimate of drug-likeness (QED) is 0.546. The summed E-state index contributed by atoms with van der Waals surface area (Å²) in [7, 11) is 3.96. The van der Waals surface area contributed by atoms with Gasteiger partial charge in [0.1, 0.15) is 18.0 Å². The molecule has 2 aromatic carbocycles. The summed E-state index contributed by atoms with van der Waals surface area (Å²) in [6, 6.07) is 18.7. The van der Waals surface area contributed by atoms with Crippen molar-refractivity contribution >= 4 is 40.3 Å². The summed E-state index contributed by atoms with van der Waals surface area (Å²) >= 11 is 0. The van der Waals surface area contributed by atoms with Crippen molar-refractivity contribution in [3.05, 3.63) is 78.1 Å². The molecule has 7 nitrogen and oxygen atoms in total. The number of hydrogen-bond acceptors (Lipinski definition) is 6. The summed E-state index contributed by atoms with van der Waals surface area (Å²) in [5.74, 6) is 1.75. The molecule has 0 radical (unpaired) electrons. The first-order valence-corrected chi connectivity index (χ1v) is 10.2. The summed E-state index contributed by atoms with van der Waals surface area (Å²) in [5.41, 5.74) is 5.25. The molecule has 0 spiro atoms. The van der Waals surface area contributed by atoms with Gasteiger partial charge in [-0.1, -0.05) is 30.3 Å². The van der Waals surface area contributed by atoms with Gasteiger partial charge in [-0.05, 0) is 35.4 Å². The molecule has 0 bridgehead atoms. The normalized spacial score (nSPS) is 12.9. The highest BCUT2D eigenvalue weighted by atomic mass is 15.3. The number of nitrogens with zero attached hydrogens (tertiary/aromatic N) is 6. The van der Waals surface area contributed by atoms with E-state index in [9.17, 15) is 0 Å². The molecule has 1 N–H and O–H groups in total. The second kappa shape index (κ2) is 8.02. The zero-order valence-electron chi connectivity index (χ0n) is 17.5. The van der Waals surface area contributed by atoms with E-state index in [2.05, 4.69) is 73.9 Å². The number of pyridine rings is 1. The van der Waals surface area contributed by atoms with E-state index in [0.717, 1.165) is 46.0 Å². The molecule has 1 aliphatic heterocycles. The first-order chi connectivity index (χ1) is 15.2. The maximum Gasteiger partial charge on any atom is 0.128 e. The molecule has 2 aromatic heterocycles. The van der Waals surface area contributed by atoms with Crippen LogP contribution in [0.1, 0.15) is 11.1 Å². The van der Waals surface area contributed by atoms with Crippen LogP contribution in [0.2, 0.25) is 0 Å². The van der Waals surface area contributed by atoms with Crippen LogP contribution in [0.15, 0.2) is 77.0 Å². The molecule has 0 saturated heterocycles. The minimum atomic E-state index is 0.657. The molecule has 0 atom stereocenters. The predicted octanol–water partition coefficient (Wildman–Crippen LogP) is 4.27. The van der Waals surface area contributed by atoms with Crippen molar-refractivity contribution in [2.75, 3.05) is 24.3 Å². The van der Waals surface area contributed by atoms with Gasteiger partial charge in [0.25, 0.3) is 0 Å². The van der Waals surface area contributed by atoms with Crippen LogP contribution in [0.5, 0.6) is 0 Å². The summed E-state index contributed by atoms with van der Waals surface area (Å²) < 4.78 is 2.02. The highest BCUT2D eigenvalue weighted by molar-refractivity contribution is 6.03. The van der Waals surface area contributed by atoms with E-state index in [-0.39, 0.29) is 0 Å². The van der Waals surface area contributed by atoms with Crippen LogP contribution in [-0.4, -0.2) is 41.0 Å². The number of amidine groups is 1. The van der Waals surface area contributed by atoms with Crippen molar-refractivity contribution in [2.24, 2.45) is 9.98 Å². The molecule has 31 heavy (non-hydrogen) atoms. The zero-order chi connectivity index (χ0) is 21.2. The van der Waals surface area contributed by atoms with Gasteiger partial charge in [0, 0.05) is 31.6 Å². The van der Waals surface area contributed by atoms with Crippen molar-refractivity contribution < 1.29 is 0 Å². The van der Waals surface area contributed by atoms with E-state index >= 15 is 0 Å². The Balaban J connectivity index is 1.36. The minimum absolute atomic E-state index is 0.657. The van der Waals surface area contributed by atoms with Gasteiger partial charge < -0.3 is 10.2 Å². The fraction of sp³-hybridized carbons (Fsp3) is 0.167. The number of hydrogen-bond donors (Lipinski definition) is 1. The van der Waals surface area contributed by atoms with Crippen molar-refractivity contribution in [2.45, 2.75) is 13.0 Å². The average Bonchev–Trinajstić information content (AvgIpc) is 3.05. The van der Waals surface area contributed by atoms with Crippen LogP contribution >= 0.6 is 0 Å². The Morgan fingerprint density at radius 3 is 2.74 bits per heavy atom. The second-order valence-corrected chi connectivity index (χ2v) is 7.75. The molecule has 0 fully saturated rings. The smallest absolute Gasteiger partial charge is 0.128 e. The molecule has 0 amide bonds. The Labute approximate surface area is 180 Å². The predicted molar refractivity (Wildman–Crippen MR) is 127 cm³/mol. The lowest BCUT2D eigenvalue weighted by molar-refractivity contribution is 0.712. The van der Waals surface area contributed by atoms with E-state index in [0.29, 0.717) is 6.42 Å². The first kappa shape index (κ1) is 19.0. The van der Waals surface area contributed by atoms with Gasteiger partial charge >= 0.3 is 0 Å². The number of aromatic nitrogens is 3. The van der Waals surface area contributed by atoms with Crippen LogP contribution in [0.4, 0.5) is 17.2 Å². The fourth-order valence-corrected chi connectivity index (χ4v) is 3.66. The lowest BCUT2D eigenvalue weighted by Gasteiger charge is -2.14. The molecular weight excluding hydrogens is 386 g/mol. The van der Waals surface area contributed by atoms with Crippen molar-refractivity contribution in [3.63, 3.8) is 0 Å². The number of nitrogens with one attached hydrogen (secondary N) is 1. The lowest BCUT2D eigenvalue weighted by Crippen LogP contribution is -2.16. The van der Waals surface area contributed by atoms with Gasteiger partial charge in [-0.25, -0.2) is 15.0 Å². The number of fused-ring (bicyclic) bond motifs is 2. The molecule has 1 aliphatic rings. The third-order valence-electron chi connectivity index (χ3n) is 5.28. The van der Waals surface area contributed by atoms with E-state index in [1.54, 1.807) is 12.5 Å². The van der Waals surface area contributed by atoms with E-state index < -0.39 is 0 Å². The molecule has 4 aromatic rings. The molecule has 7 heteroatoms. The Morgan fingerprint density at radius 1 is 1.03 bits per heavy atom. The number of rotatable bonds is 4. The van der Waals surface area contributed by atoms with Crippen LogP contribution < -0.4 is 10.2 Å². The number of aliphatic imine (C=N–C) groups is 2. The highest BCUT2D eigenvalue weighted by Gasteiger charge is 2.13. The third-order valence-corrected chi connectivity index (χ3v) is 5.28. The maximum absolute atomic E-state index is 4.58.